The second-order valence-corrected chi connectivity index (χ2v) is 9.29. The van der Waals surface area contributed by atoms with Gasteiger partial charge in [-0.15, -0.1) is 10.2 Å². The maximum atomic E-state index is 4.55. The molecule has 5 aromatic rings. The van der Waals surface area contributed by atoms with Gasteiger partial charge in [0, 0.05) is 29.5 Å². The number of hydrogen-bond acceptors (Lipinski definition) is 7. The van der Waals surface area contributed by atoms with Crippen molar-refractivity contribution in [3.8, 4) is 0 Å². The van der Waals surface area contributed by atoms with Gasteiger partial charge in [-0.2, -0.15) is 20.5 Å². The number of fused-ring (bicyclic) bond motifs is 1. The predicted octanol–water partition coefficient (Wildman–Crippen LogP) is 11.2. The van der Waals surface area contributed by atoms with Crippen molar-refractivity contribution < 1.29 is 0 Å². The van der Waals surface area contributed by atoms with Crippen LogP contribution in [0.3, 0.4) is 0 Å². The van der Waals surface area contributed by atoms with Gasteiger partial charge in [0.1, 0.15) is 0 Å². The van der Waals surface area contributed by atoms with E-state index < -0.39 is 0 Å². The van der Waals surface area contributed by atoms with Gasteiger partial charge in [0.2, 0.25) is 0 Å². The van der Waals surface area contributed by atoms with E-state index in [1.54, 1.807) is 0 Å². The lowest BCUT2D eigenvalue weighted by molar-refractivity contribution is 0.866. The van der Waals surface area contributed by atoms with Crippen LogP contribution >= 0.6 is 0 Å². The number of azo groups is 3. The summed E-state index contributed by atoms with van der Waals surface area (Å²) in [6, 6.07) is 35.5. The lowest BCUT2D eigenvalue weighted by atomic mass is 10.1. The summed E-state index contributed by atoms with van der Waals surface area (Å²) in [6.07, 6.45) is 0. The highest BCUT2D eigenvalue weighted by molar-refractivity contribution is 5.99. The Balaban J connectivity index is 1.31. The third kappa shape index (κ3) is 6.50. The molecule has 0 aliphatic heterocycles. The Morgan fingerprint density at radius 1 is 0.450 bits per heavy atom. The first kappa shape index (κ1) is 26.6. The van der Waals surface area contributed by atoms with Gasteiger partial charge in [-0.1, -0.05) is 42.0 Å². The highest BCUT2D eigenvalue weighted by Crippen LogP contribution is 2.35. The number of aryl methyl sites for hydroxylation is 1. The van der Waals surface area contributed by atoms with Crippen LogP contribution in [-0.4, -0.2) is 13.1 Å². The zero-order chi connectivity index (χ0) is 27.7. The molecular formula is C33H31N7. The molecule has 5 rings (SSSR count). The van der Waals surface area contributed by atoms with Crippen molar-refractivity contribution in [3.63, 3.8) is 0 Å². The van der Waals surface area contributed by atoms with E-state index in [-0.39, 0.29) is 0 Å². The quantitative estimate of drug-likeness (QED) is 0.176. The second kappa shape index (κ2) is 12.7. The van der Waals surface area contributed by atoms with Crippen molar-refractivity contribution in [3.05, 3.63) is 115 Å². The van der Waals surface area contributed by atoms with Crippen molar-refractivity contribution in [1.82, 2.24) is 0 Å². The first-order chi connectivity index (χ1) is 19.6. The fourth-order valence-electron chi connectivity index (χ4n) is 4.30. The van der Waals surface area contributed by atoms with Gasteiger partial charge in [-0.3, -0.25) is 0 Å². The van der Waals surface area contributed by atoms with Crippen LogP contribution in [0.5, 0.6) is 0 Å². The molecule has 0 fully saturated rings. The Morgan fingerprint density at radius 2 is 0.825 bits per heavy atom. The molecule has 0 N–H and O–H groups in total. The molecule has 198 valence electrons. The number of benzene rings is 5. The number of rotatable bonds is 9. The fourth-order valence-corrected chi connectivity index (χ4v) is 4.30. The largest absolute Gasteiger partial charge is 0.372 e. The fraction of sp³-hybridized carbons (Fsp3) is 0.152. The van der Waals surface area contributed by atoms with Crippen LogP contribution < -0.4 is 4.90 Å². The molecule has 7 nitrogen and oxygen atoms in total. The lowest BCUT2D eigenvalue weighted by Gasteiger charge is -2.20. The highest BCUT2D eigenvalue weighted by atomic mass is 15.1. The predicted molar refractivity (Wildman–Crippen MR) is 164 cm³/mol. The Labute approximate surface area is 234 Å². The van der Waals surface area contributed by atoms with Gasteiger partial charge in [0.15, 0.2) is 0 Å². The molecule has 0 atom stereocenters. The van der Waals surface area contributed by atoms with Crippen molar-refractivity contribution in [2.24, 2.45) is 30.7 Å². The monoisotopic (exact) mass is 525 g/mol. The van der Waals surface area contributed by atoms with E-state index in [0.29, 0.717) is 0 Å². The molecule has 0 unspecified atom stereocenters. The van der Waals surface area contributed by atoms with Crippen molar-refractivity contribution in [2.75, 3.05) is 18.0 Å². The number of hydrogen-bond donors (Lipinski definition) is 0. The molecule has 0 radical (unpaired) electrons. The topological polar surface area (TPSA) is 77.4 Å². The summed E-state index contributed by atoms with van der Waals surface area (Å²) in [5.41, 5.74) is 7.04. The lowest BCUT2D eigenvalue weighted by Crippen LogP contribution is -2.21. The van der Waals surface area contributed by atoms with Gasteiger partial charge >= 0.3 is 0 Å². The van der Waals surface area contributed by atoms with Crippen LogP contribution in [0.15, 0.2) is 140 Å². The molecule has 0 saturated heterocycles. The molecule has 0 bridgehead atoms. The Kier molecular flexibility index (Phi) is 8.41. The third-order valence-corrected chi connectivity index (χ3v) is 6.57. The van der Waals surface area contributed by atoms with Crippen LogP contribution in [0.1, 0.15) is 19.4 Å². The molecule has 0 saturated carbocycles. The van der Waals surface area contributed by atoms with Crippen LogP contribution in [0.2, 0.25) is 0 Å². The average molecular weight is 526 g/mol. The maximum Gasteiger partial charge on any atom is 0.0936 e. The number of anilines is 1. The first-order valence-corrected chi connectivity index (χ1v) is 13.4. The summed E-state index contributed by atoms with van der Waals surface area (Å²) in [7, 11) is 0. The molecule has 0 aromatic heterocycles. The molecule has 40 heavy (non-hydrogen) atoms. The smallest absolute Gasteiger partial charge is 0.0936 e. The summed E-state index contributed by atoms with van der Waals surface area (Å²) in [6.45, 7) is 8.30. The molecular weight excluding hydrogens is 494 g/mol. The Morgan fingerprint density at radius 3 is 1.25 bits per heavy atom. The molecule has 0 spiro atoms. The summed E-state index contributed by atoms with van der Waals surface area (Å²) in [4.78, 5) is 2.30. The third-order valence-electron chi connectivity index (χ3n) is 6.57. The summed E-state index contributed by atoms with van der Waals surface area (Å²) in [5.74, 6) is 0. The van der Waals surface area contributed by atoms with E-state index in [4.69, 9.17) is 0 Å². The summed E-state index contributed by atoms with van der Waals surface area (Å²) < 4.78 is 0. The van der Waals surface area contributed by atoms with E-state index in [2.05, 4.69) is 61.6 Å². The summed E-state index contributed by atoms with van der Waals surface area (Å²) in [5, 5.41) is 28.5. The average Bonchev–Trinajstić information content (AvgIpc) is 3.00. The number of nitrogens with zero attached hydrogens (tertiary/aromatic N) is 7. The van der Waals surface area contributed by atoms with Crippen molar-refractivity contribution in [1.29, 1.82) is 0 Å². The van der Waals surface area contributed by atoms with Crippen molar-refractivity contribution >= 4 is 50.6 Å². The highest BCUT2D eigenvalue weighted by Gasteiger charge is 2.06. The van der Waals surface area contributed by atoms with Gasteiger partial charge in [-0.25, -0.2) is 0 Å². The molecule has 0 heterocycles. The summed E-state index contributed by atoms with van der Waals surface area (Å²) >= 11 is 0. The standard InChI is InChI=1S/C33H31N7/c1-4-40(5-2)29-20-18-28(19-21-29)37-39-33-23-22-32(30-8-6-7-9-31(30)33)38-36-27-16-14-26(15-17-27)35-34-25-12-10-24(3)11-13-25/h6-23H,4-5H2,1-3H3. The van der Waals surface area contributed by atoms with Gasteiger partial charge in [0.05, 0.1) is 34.1 Å². The molecule has 0 amide bonds. The molecule has 0 aliphatic carbocycles. The zero-order valence-corrected chi connectivity index (χ0v) is 22.9. The van der Waals surface area contributed by atoms with Gasteiger partial charge < -0.3 is 4.90 Å². The van der Waals surface area contributed by atoms with E-state index in [1.807, 2.05) is 104 Å². The van der Waals surface area contributed by atoms with E-state index in [1.165, 1.54) is 11.3 Å². The maximum absolute atomic E-state index is 4.55. The van der Waals surface area contributed by atoms with Crippen LogP contribution in [0, 0.1) is 6.92 Å². The molecule has 0 aliphatic rings. The van der Waals surface area contributed by atoms with Gasteiger partial charge in [-0.05, 0) is 93.6 Å². The van der Waals surface area contributed by atoms with Crippen LogP contribution in [0.4, 0.5) is 39.8 Å². The van der Waals surface area contributed by atoms with E-state index >= 15 is 0 Å². The Hall–Kier alpha value is -5.04. The van der Waals surface area contributed by atoms with Crippen LogP contribution in [-0.2, 0) is 0 Å². The Bertz CT molecular complexity index is 1650. The SMILES string of the molecule is CCN(CC)c1ccc(N=Nc2ccc(N=Nc3ccc(N=Nc4ccc(C)cc4)cc3)c3ccccc23)cc1. The van der Waals surface area contributed by atoms with E-state index in [9.17, 15) is 0 Å². The minimum atomic E-state index is 0.732. The minimum absolute atomic E-state index is 0.732. The van der Waals surface area contributed by atoms with Gasteiger partial charge in [0.25, 0.3) is 0 Å². The van der Waals surface area contributed by atoms with Crippen LogP contribution in [0.25, 0.3) is 10.8 Å². The first-order valence-electron chi connectivity index (χ1n) is 13.4. The minimum Gasteiger partial charge on any atom is -0.372 e. The molecule has 7 heteroatoms. The zero-order valence-electron chi connectivity index (χ0n) is 22.9. The second-order valence-electron chi connectivity index (χ2n) is 9.29. The normalized spacial score (nSPS) is 11.8. The van der Waals surface area contributed by atoms with E-state index in [0.717, 1.165) is 58.0 Å². The van der Waals surface area contributed by atoms with Crippen molar-refractivity contribution in [2.45, 2.75) is 20.8 Å². The molecule has 5 aromatic carbocycles.